The molecule has 1 aliphatic heterocycles. The van der Waals surface area contributed by atoms with E-state index in [4.69, 9.17) is 4.74 Å². The van der Waals surface area contributed by atoms with Crippen LogP contribution < -0.4 is 0 Å². The Morgan fingerprint density at radius 2 is 2.12 bits per heavy atom. The van der Waals surface area contributed by atoms with E-state index in [1.165, 1.54) is 0 Å². The maximum atomic E-state index is 12.7. The van der Waals surface area contributed by atoms with Crippen LogP contribution in [0.5, 0.6) is 0 Å². The van der Waals surface area contributed by atoms with Crippen LogP contribution in [0.4, 0.5) is 0 Å². The molecule has 3 rings (SSSR count). The number of morpholine rings is 1. The molecule has 1 aliphatic rings. The summed E-state index contributed by atoms with van der Waals surface area (Å²) in [6.45, 7) is 3.85. The topological polar surface area (TPSA) is 67.6 Å². The van der Waals surface area contributed by atoms with E-state index in [-0.39, 0.29) is 12.5 Å². The van der Waals surface area contributed by atoms with Gasteiger partial charge in [0.2, 0.25) is 0 Å². The van der Waals surface area contributed by atoms with Crippen molar-refractivity contribution in [2.75, 3.05) is 26.3 Å². The first-order valence-corrected chi connectivity index (χ1v) is 8.27. The summed E-state index contributed by atoms with van der Waals surface area (Å²) in [4.78, 5) is 14.4. The number of benzene rings is 1. The largest absolute Gasteiger partial charge is 0.393 e. The van der Waals surface area contributed by atoms with Crippen molar-refractivity contribution >= 4 is 5.91 Å². The number of aromatic nitrogens is 2. The number of aryl methyl sites for hydroxylation is 1. The van der Waals surface area contributed by atoms with Crippen molar-refractivity contribution in [1.82, 2.24) is 14.7 Å². The lowest BCUT2D eigenvalue weighted by Gasteiger charge is -2.41. The molecule has 1 fully saturated rings. The molecule has 128 valence electrons. The average molecular weight is 329 g/mol. The van der Waals surface area contributed by atoms with E-state index < -0.39 is 5.60 Å². The molecule has 0 spiro atoms. The zero-order chi connectivity index (χ0) is 17.0. The van der Waals surface area contributed by atoms with Crippen LogP contribution in [-0.2, 0) is 17.7 Å². The molecule has 0 aliphatic carbocycles. The van der Waals surface area contributed by atoms with Gasteiger partial charge in [-0.15, -0.1) is 0 Å². The van der Waals surface area contributed by atoms with E-state index in [2.05, 4.69) is 5.10 Å². The molecule has 6 heteroatoms. The Morgan fingerprint density at radius 1 is 1.33 bits per heavy atom. The van der Waals surface area contributed by atoms with Gasteiger partial charge in [-0.05, 0) is 18.6 Å². The number of carbonyl (C=O) groups is 1. The summed E-state index contributed by atoms with van der Waals surface area (Å²) >= 11 is 0. The van der Waals surface area contributed by atoms with Crippen molar-refractivity contribution < 1.29 is 14.6 Å². The van der Waals surface area contributed by atoms with E-state index in [1.807, 2.05) is 37.3 Å². The highest BCUT2D eigenvalue weighted by molar-refractivity contribution is 5.92. The zero-order valence-electron chi connectivity index (χ0n) is 13.9. The Balaban J connectivity index is 1.75. The third kappa shape index (κ3) is 3.49. The minimum atomic E-state index is -0.761. The third-order valence-corrected chi connectivity index (χ3v) is 4.38. The number of nitrogens with zero attached hydrogens (tertiary/aromatic N) is 3. The number of hydrogen-bond donors (Lipinski definition) is 1. The van der Waals surface area contributed by atoms with Gasteiger partial charge in [0.15, 0.2) is 0 Å². The van der Waals surface area contributed by atoms with Gasteiger partial charge in [0, 0.05) is 25.7 Å². The number of carbonyl (C=O) groups excluding carboxylic acids is 1. The minimum absolute atomic E-state index is 0.114. The first-order valence-electron chi connectivity index (χ1n) is 8.27. The molecule has 1 atom stereocenters. The van der Waals surface area contributed by atoms with Crippen molar-refractivity contribution in [2.24, 2.45) is 0 Å². The van der Waals surface area contributed by atoms with Crippen LogP contribution in [0.2, 0.25) is 0 Å². The van der Waals surface area contributed by atoms with Crippen LogP contribution >= 0.6 is 0 Å². The quantitative estimate of drug-likeness (QED) is 0.899. The predicted octanol–water partition coefficient (Wildman–Crippen LogP) is 1.35. The molecule has 1 unspecified atom stereocenters. The normalized spacial score (nSPS) is 21.0. The SMILES string of the molecule is CCn1ccc(C(=O)N2CCOC(CO)(Cc3ccccc3)C2)n1. The smallest absolute Gasteiger partial charge is 0.274 e. The second-order valence-electron chi connectivity index (χ2n) is 6.14. The first-order chi connectivity index (χ1) is 11.7. The van der Waals surface area contributed by atoms with Crippen LogP contribution in [0.3, 0.4) is 0 Å². The fraction of sp³-hybridized carbons (Fsp3) is 0.444. The van der Waals surface area contributed by atoms with Crippen molar-refractivity contribution in [3.8, 4) is 0 Å². The molecular weight excluding hydrogens is 306 g/mol. The molecule has 1 amide bonds. The number of rotatable bonds is 5. The molecular formula is C18H23N3O3. The fourth-order valence-corrected chi connectivity index (χ4v) is 3.06. The second kappa shape index (κ2) is 7.15. The van der Waals surface area contributed by atoms with E-state index in [9.17, 15) is 9.90 Å². The van der Waals surface area contributed by atoms with E-state index in [0.29, 0.717) is 31.8 Å². The lowest BCUT2D eigenvalue weighted by atomic mass is 9.93. The maximum Gasteiger partial charge on any atom is 0.274 e. The van der Waals surface area contributed by atoms with Crippen molar-refractivity contribution in [2.45, 2.75) is 25.5 Å². The summed E-state index contributed by atoms with van der Waals surface area (Å²) in [5.74, 6) is -0.114. The van der Waals surface area contributed by atoms with Gasteiger partial charge >= 0.3 is 0 Å². The molecule has 0 saturated carbocycles. The van der Waals surface area contributed by atoms with Crippen molar-refractivity contribution in [3.05, 3.63) is 53.9 Å². The zero-order valence-corrected chi connectivity index (χ0v) is 13.9. The molecule has 2 heterocycles. The van der Waals surface area contributed by atoms with Gasteiger partial charge in [-0.1, -0.05) is 30.3 Å². The predicted molar refractivity (Wildman–Crippen MR) is 89.7 cm³/mol. The maximum absolute atomic E-state index is 12.7. The molecule has 1 aromatic carbocycles. The molecule has 1 aromatic heterocycles. The van der Waals surface area contributed by atoms with Crippen LogP contribution in [0.1, 0.15) is 23.0 Å². The standard InChI is InChI=1S/C18H23N3O3/c1-2-21-9-8-16(19-21)17(23)20-10-11-24-18(13-20,14-22)12-15-6-4-3-5-7-15/h3-9,22H,2,10-14H2,1H3. The monoisotopic (exact) mass is 329 g/mol. The molecule has 0 bridgehead atoms. The lowest BCUT2D eigenvalue weighted by Crippen LogP contribution is -2.56. The summed E-state index contributed by atoms with van der Waals surface area (Å²) in [7, 11) is 0. The van der Waals surface area contributed by atoms with Gasteiger partial charge in [-0.2, -0.15) is 5.10 Å². The summed E-state index contributed by atoms with van der Waals surface area (Å²) < 4.78 is 7.62. The molecule has 24 heavy (non-hydrogen) atoms. The van der Waals surface area contributed by atoms with E-state index in [1.54, 1.807) is 21.8 Å². The van der Waals surface area contributed by atoms with Crippen LogP contribution in [0.15, 0.2) is 42.6 Å². The highest BCUT2D eigenvalue weighted by Crippen LogP contribution is 2.24. The minimum Gasteiger partial charge on any atom is -0.393 e. The van der Waals surface area contributed by atoms with Crippen molar-refractivity contribution in [3.63, 3.8) is 0 Å². The van der Waals surface area contributed by atoms with Gasteiger partial charge in [0.05, 0.1) is 19.8 Å². The summed E-state index contributed by atoms with van der Waals surface area (Å²) in [5.41, 5.74) is 0.754. The summed E-state index contributed by atoms with van der Waals surface area (Å²) in [6, 6.07) is 11.6. The molecule has 2 aromatic rings. The Morgan fingerprint density at radius 3 is 2.79 bits per heavy atom. The van der Waals surface area contributed by atoms with Gasteiger partial charge < -0.3 is 14.7 Å². The van der Waals surface area contributed by atoms with Crippen LogP contribution in [-0.4, -0.2) is 57.6 Å². The second-order valence-corrected chi connectivity index (χ2v) is 6.14. The molecule has 1 N–H and O–H groups in total. The van der Waals surface area contributed by atoms with E-state index >= 15 is 0 Å². The number of aliphatic hydroxyl groups excluding tert-OH is 1. The first kappa shape index (κ1) is 16.7. The highest BCUT2D eigenvalue weighted by atomic mass is 16.5. The van der Waals surface area contributed by atoms with Crippen LogP contribution in [0, 0.1) is 0 Å². The highest BCUT2D eigenvalue weighted by Gasteiger charge is 2.38. The molecule has 0 radical (unpaired) electrons. The van der Waals surface area contributed by atoms with Gasteiger partial charge in [0.1, 0.15) is 11.3 Å². The number of amides is 1. The number of hydrogen-bond acceptors (Lipinski definition) is 4. The molecule has 6 nitrogen and oxygen atoms in total. The Labute approximate surface area is 141 Å². The van der Waals surface area contributed by atoms with Crippen molar-refractivity contribution in [1.29, 1.82) is 0 Å². The number of ether oxygens (including phenoxy) is 1. The summed E-state index contributed by atoms with van der Waals surface area (Å²) in [6.07, 6.45) is 2.37. The third-order valence-electron chi connectivity index (χ3n) is 4.38. The Bertz CT molecular complexity index is 686. The lowest BCUT2D eigenvalue weighted by molar-refractivity contribution is -0.123. The number of aliphatic hydroxyl groups is 1. The Hall–Kier alpha value is -2.18. The molecule has 1 saturated heterocycles. The average Bonchev–Trinajstić information content (AvgIpc) is 3.11. The fourth-order valence-electron chi connectivity index (χ4n) is 3.06. The van der Waals surface area contributed by atoms with Gasteiger partial charge in [-0.3, -0.25) is 9.48 Å². The summed E-state index contributed by atoms with van der Waals surface area (Å²) in [5, 5.41) is 14.2. The van der Waals surface area contributed by atoms with Gasteiger partial charge in [0.25, 0.3) is 5.91 Å². The van der Waals surface area contributed by atoms with E-state index in [0.717, 1.165) is 12.1 Å². The Kier molecular flexibility index (Phi) is 4.97. The van der Waals surface area contributed by atoms with Crippen LogP contribution in [0.25, 0.3) is 0 Å². The van der Waals surface area contributed by atoms with Gasteiger partial charge in [-0.25, -0.2) is 0 Å².